The first-order valence-corrected chi connectivity index (χ1v) is 15.1. The van der Waals surface area contributed by atoms with E-state index in [1.165, 1.54) is 18.2 Å². The van der Waals surface area contributed by atoms with Gasteiger partial charge in [0.25, 0.3) is 5.91 Å². The first kappa shape index (κ1) is 28.8. The molecule has 1 heterocycles. The summed E-state index contributed by atoms with van der Waals surface area (Å²) in [6.45, 7) is 1.99. The quantitative estimate of drug-likeness (QED) is 0.254. The molecule has 3 aromatic carbocycles. The molecule has 12 heteroatoms. The van der Waals surface area contributed by atoms with Crippen molar-refractivity contribution in [3.05, 3.63) is 87.0 Å². The summed E-state index contributed by atoms with van der Waals surface area (Å²) in [6, 6.07) is 13.8. The van der Waals surface area contributed by atoms with Crippen molar-refractivity contribution in [1.29, 1.82) is 0 Å². The van der Waals surface area contributed by atoms with Crippen molar-refractivity contribution in [2.75, 3.05) is 13.4 Å². The molecule has 4 aromatic rings. The molecule has 2 unspecified atom stereocenters. The van der Waals surface area contributed by atoms with Crippen molar-refractivity contribution >= 4 is 66.5 Å². The number of carbonyl (C=O) groups is 2. The molecule has 39 heavy (non-hydrogen) atoms. The zero-order valence-corrected chi connectivity index (χ0v) is 24.2. The number of ether oxygens (including phenoxy) is 1. The van der Waals surface area contributed by atoms with Gasteiger partial charge in [-0.2, -0.15) is 4.37 Å². The molecule has 0 radical (unpaired) electrons. The van der Waals surface area contributed by atoms with E-state index in [1.54, 1.807) is 19.2 Å². The Morgan fingerprint density at radius 3 is 2.51 bits per heavy atom. The summed E-state index contributed by atoms with van der Waals surface area (Å²) in [4.78, 5) is 25.3. The van der Waals surface area contributed by atoms with E-state index in [9.17, 15) is 23.1 Å². The third-order valence-electron chi connectivity index (χ3n) is 6.29. The van der Waals surface area contributed by atoms with E-state index in [0.29, 0.717) is 21.4 Å². The Morgan fingerprint density at radius 1 is 1.13 bits per heavy atom. The Morgan fingerprint density at radius 2 is 1.85 bits per heavy atom. The topological polar surface area (TPSA) is 123 Å². The number of carboxylic acid groups (broad SMARTS) is 1. The molecule has 0 saturated heterocycles. The second kappa shape index (κ2) is 11.5. The van der Waals surface area contributed by atoms with Gasteiger partial charge >= 0.3 is 5.97 Å². The first-order chi connectivity index (χ1) is 18.4. The minimum absolute atomic E-state index is 0.0486. The molecule has 0 spiro atoms. The molecule has 4 rings (SSSR count). The van der Waals surface area contributed by atoms with Gasteiger partial charge in [0.05, 0.1) is 38.0 Å². The maximum absolute atomic E-state index is 13.2. The highest BCUT2D eigenvalue weighted by Gasteiger charge is 2.27. The molecule has 0 saturated carbocycles. The number of nitrogens with zero attached hydrogens (tertiary/aromatic N) is 1. The van der Waals surface area contributed by atoms with E-state index < -0.39 is 27.8 Å². The maximum atomic E-state index is 13.2. The van der Waals surface area contributed by atoms with Gasteiger partial charge < -0.3 is 15.2 Å². The van der Waals surface area contributed by atoms with Gasteiger partial charge in [-0.05, 0) is 53.0 Å². The standard InChI is InChI=1S/C27H24Cl2N2O6S2/c1-14(16-7-5-8-17(12-16)37-2)24-19-13-20(28)22(23(29)25(19)38-31-24)26(32)30-21(27(33)34)11-15-6-4-9-18(10-15)39(3,35)36/h4-10,12-14,21H,11H2,1-3H3,(H,30,32)(H,33,34). The molecule has 8 nitrogen and oxygen atoms in total. The lowest BCUT2D eigenvalue weighted by Gasteiger charge is -2.17. The van der Waals surface area contributed by atoms with E-state index in [0.717, 1.165) is 29.0 Å². The number of methoxy groups -OCH3 is 1. The third-order valence-corrected chi connectivity index (χ3v) is 9.08. The van der Waals surface area contributed by atoms with Crippen LogP contribution in [-0.4, -0.2) is 49.2 Å². The third kappa shape index (κ3) is 6.19. The Bertz CT molecular complexity index is 1690. The number of aliphatic carboxylic acids is 1. The van der Waals surface area contributed by atoms with Gasteiger partial charge in [-0.3, -0.25) is 4.79 Å². The second-order valence-electron chi connectivity index (χ2n) is 8.98. The average Bonchev–Trinajstić information content (AvgIpc) is 3.31. The Labute approximate surface area is 239 Å². The Hall–Kier alpha value is -3.18. The summed E-state index contributed by atoms with van der Waals surface area (Å²) in [7, 11) is -1.89. The van der Waals surface area contributed by atoms with Crippen molar-refractivity contribution in [2.24, 2.45) is 0 Å². The number of amides is 1. The molecule has 0 aliphatic carbocycles. The number of fused-ring (bicyclic) bond motifs is 1. The van der Waals surface area contributed by atoms with Crippen LogP contribution in [-0.2, 0) is 21.1 Å². The van der Waals surface area contributed by atoms with Crippen molar-refractivity contribution < 1.29 is 27.9 Å². The van der Waals surface area contributed by atoms with Gasteiger partial charge in [-0.25, -0.2) is 13.2 Å². The number of carbonyl (C=O) groups excluding carboxylic acids is 1. The lowest BCUT2D eigenvalue weighted by atomic mass is 9.95. The summed E-state index contributed by atoms with van der Waals surface area (Å²) in [5.74, 6) is -1.48. The molecular formula is C27H24Cl2N2O6S2. The first-order valence-electron chi connectivity index (χ1n) is 11.6. The molecule has 0 fully saturated rings. The highest BCUT2D eigenvalue weighted by atomic mass is 35.5. The molecule has 204 valence electrons. The van der Waals surface area contributed by atoms with E-state index in [1.807, 2.05) is 31.2 Å². The molecule has 0 bridgehead atoms. The van der Waals surface area contributed by atoms with Crippen molar-refractivity contribution in [3.8, 4) is 5.75 Å². The van der Waals surface area contributed by atoms with Gasteiger partial charge in [0.1, 0.15) is 11.8 Å². The molecule has 1 aromatic heterocycles. The lowest BCUT2D eigenvalue weighted by molar-refractivity contribution is -0.139. The number of rotatable bonds is 9. The summed E-state index contributed by atoms with van der Waals surface area (Å²) in [5.41, 5.74) is 2.07. The largest absolute Gasteiger partial charge is 0.497 e. The number of halogens is 2. The van der Waals surface area contributed by atoms with Gasteiger partial charge in [0, 0.05) is 24.0 Å². The minimum atomic E-state index is -3.49. The van der Waals surface area contributed by atoms with Gasteiger partial charge in [-0.15, -0.1) is 0 Å². The fraction of sp³-hybridized carbons (Fsp3) is 0.222. The van der Waals surface area contributed by atoms with Crippen LogP contribution in [0, 0.1) is 0 Å². The summed E-state index contributed by atoms with van der Waals surface area (Å²) < 4.78 is 34.2. The molecule has 2 atom stereocenters. The number of hydrogen-bond acceptors (Lipinski definition) is 7. The highest BCUT2D eigenvalue weighted by Crippen LogP contribution is 2.40. The van der Waals surface area contributed by atoms with Crippen LogP contribution in [0.5, 0.6) is 5.75 Å². The molecule has 1 amide bonds. The van der Waals surface area contributed by atoms with Crippen molar-refractivity contribution in [3.63, 3.8) is 0 Å². The van der Waals surface area contributed by atoms with Crippen LogP contribution in [0.2, 0.25) is 10.0 Å². The van der Waals surface area contributed by atoms with Gasteiger partial charge in [0.15, 0.2) is 9.84 Å². The predicted molar refractivity (Wildman–Crippen MR) is 152 cm³/mol. The van der Waals surface area contributed by atoms with Gasteiger partial charge in [-0.1, -0.05) is 54.4 Å². The fourth-order valence-corrected chi connectivity index (χ4v) is 6.50. The van der Waals surface area contributed by atoms with Crippen LogP contribution in [0.1, 0.15) is 40.0 Å². The SMILES string of the molecule is COc1cccc(C(C)c2nsc3c(Cl)c(C(=O)NC(Cc4cccc(S(C)(=O)=O)c4)C(=O)O)c(Cl)cc23)c1. The predicted octanol–water partition coefficient (Wildman–Crippen LogP) is 5.59. The van der Waals surface area contributed by atoms with Crippen molar-refractivity contribution in [1.82, 2.24) is 9.69 Å². The van der Waals surface area contributed by atoms with Crippen LogP contribution < -0.4 is 10.1 Å². The minimum Gasteiger partial charge on any atom is -0.497 e. The van der Waals surface area contributed by atoms with E-state index >= 15 is 0 Å². The molecule has 0 aliphatic heterocycles. The smallest absolute Gasteiger partial charge is 0.326 e. The number of carboxylic acids is 1. The van der Waals surface area contributed by atoms with Crippen LogP contribution >= 0.6 is 34.7 Å². The van der Waals surface area contributed by atoms with E-state index in [2.05, 4.69) is 9.69 Å². The number of aromatic nitrogens is 1. The fourth-order valence-electron chi connectivity index (χ4n) is 4.18. The van der Waals surface area contributed by atoms with Crippen molar-refractivity contribution in [2.45, 2.75) is 30.2 Å². The summed E-state index contributed by atoms with van der Waals surface area (Å²) >= 11 is 14.3. The van der Waals surface area contributed by atoms with Crippen LogP contribution in [0.4, 0.5) is 0 Å². The number of sulfone groups is 1. The monoisotopic (exact) mass is 606 g/mol. The van der Waals surface area contributed by atoms with Crippen LogP contribution in [0.25, 0.3) is 10.1 Å². The van der Waals surface area contributed by atoms with E-state index in [4.69, 9.17) is 27.9 Å². The molecule has 2 N–H and O–H groups in total. The Balaban J connectivity index is 1.63. The van der Waals surface area contributed by atoms with Crippen LogP contribution in [0.15, 0.2) is 59.5 Å². The normalized spacial score (nSPS) is 13.2. The zero-order chi connectivity index (χ0) is 28.5. The number of hydrogen-bond donors (Lipinski definition) is 2. The maximum Gasteiger partial charge on any atom is 0.326 e. The lowest BCUT2D eigenvalue weighted by Crippen LogP contribution is -2.42. The highest BCUT2D eigenvalue weighted by molar-refractivity contribution is 7.90. The number of nitrogens with one attached hydrogen (secondary N) is 1. The van der Waals surface area contributed by atoms with Crippen LogP contribution in [0.3, 0.4) is 0 Å². The second-order valence-corrected chi connectivity index (χ2v) is 12.6. The molecular weight excluding hydrogens is 583 g/mol. The summed E-state index contributed by atoms with van der Waals surface area (Å²) in [6.07, 6.45) is 0.912. The van der Waals surface area contributed by atoms with E-state index in [-0.39, 0.29) is 32.8 Å². The Kier molecular flexibility index (Phi) is 8.51. The van der Waals surface area contributed by atoms with Gasteiger partial charge in [0.2, 0.25) is 0 Å². The molecule has 0 aliphatic rings. The summed E-state index contributed by atoms with van der Waals surface area (Å²) in [5, 5.41) is 13.0. The average molecular weight is 608 g/mol. The number of benzene rings is 3. The zero-order valence-electron chi connectivity index (χ0n) is 21.1.